The SMILES string of the molecule is Clc1nnc(Cl)c(NCC2COCCO2)n1. The predicted molar refractivity (Wildman–Crippen MR) is 58.9 cm³/mol. The first-order valence-electron chi connectivity index (χ1n) is 4.74. The van der Waals surface area contributed by atoms with Crippen LogP contribution in [0.25, 0.3) is 0 Å². The van der Waals surface area contributed by atoms with E-state index in [1.165, 1.54) is 0 Å². The minimum atomic E-state index is -0.0152. The zero-order valence-electron chi connectivity index (χ0n) is 8.32. The average Bonchev–Trinajstić information content (AvgIpc) is 2.32. The predicted octanol–water partition coefficient (Wildman–Crippen LogP) is 1.01. The summed E-state index contributed by atoms with van der Waals surface area (Å²) in [7, 11) is 0. The molecule has 0 aromatic carbocycles. The van der Waals surface area contributed by atoms with Crippen LogP contribution in [-0.2, 0) is 9.47 Å². The molecule has 1 aromatic rings. The number of halogens is 2. The van der Waals surface area contributed by atoms with Gasteiger partial charge in [-0.2, -0.15) is 4.98 Å². The van der Waals surface area contributed by atoms with Crippen molar-refractivity contribution in [1.82, 2.24) is 15.2 Å². The summed E-state index contributed by atoms with van der Waals surface area (Å²) in [5.41, 5.74) is 0. The monoisotopic (exact) mass is 264 g/mol. The molecule has 6 nitrogen and oxygen atoms in total. The third kappa shape index (κ3) is 3.15. The minimum absolute atomic E-state index is 0.0152. The Morgan fingerprint density at radius 3 is 2.94 bits per heavy atom. The molecule has 8 heteroatoms. The highest BCUT2D eigenvalue weighted by molar-refractivity contribution is 6.32. The number of anilines is 1. The zero-order valence-corrected chi connectivity index (χ0v) is 9.83. The highest BCUT2D eigenvalue weighted by Gasteiger charge is 2.15. The Labute approximate surface area is 102 Å². The Morgan fingerprint density at radius 2 is 2.19 bits per heavy atom. The summed E-state index contributed by atoms with van der Waals surface area (Å²) in [5.74, 6) is 0.399. The Morgan fingerprint density at radius 1 is 1.31 bits per heavy atom. The van der Waals surface area contributed by atoms with E-state index < -0.39 is 0 Å². The van der Waals surface area contributed by atoms with Crippen molar-refractivity contribution in [2.24, 2.45) is 0 Å². The topological polar surface area (TPSA) is 69.2 Å². The van der Waals surface area contributed by atoms with Crippen LogP contribution in [0, 0.1) is 0 Å². The lowest BCUT2D eigenvalue weighted by molar-refractivity contribution is -0.0819. The van der Waals surface area contributed by atoms with Gasteiger partial charge in [0.1, 0.15) is 0 Å². The molecule has 2 heterocycles. The number of aromatic nitrogens is 3. The maximum Gasteiger partial charge on any atom is 0.245 e. The molecule has 0 saturated carbocycles. The van der Waals surface area contributed by atoms with Crippen LogP contribution >= 0.6 is 23.2 Å². The van der Waals surface area contributed by atoms with Gasteiger partial charge in [0.25, 0.3) is 0 Å². The zero-order chi connectivity index (χ0) is 11.4. The van der Waals surface area contributed by atoms with Crippen LogP contribution in [0.1, 0.15) is 0 Å². The van der Waals surface area contributed by atoms with Crippen molar-refractivity contribution in [3.05, 3.63) is 10.4 Å². The molecule has 0 aliphatic carbocycles. The van der Waals surface area contributed by atoms with Gasteiger partial charge in [0, 0.05) is 6.54 Å². The maximum absolute atomic E-state index is 5.78. The second-order valence-corrected chi connectivity index (χ2v) is 3.86. The lowest BCUT2D eigenvalue weighted by Crippen LogP contribution is -2.34. The van der Waals surface area contributed by atoms with Crippen LogP contribution in [0.15, 0.2) is 0 Å². The molecule has 0 spiro atoms. The van der Waals surface area contributed by atoms with E-state index in [-0.39, 0.29) is 16.5 Å². The van der Waals surface area contributed by atoms with E-state index in [4.69, 9.17) is 32.7 Å². The molecule has 0 radical (unpaired) electrons. The molecular weight excluding hydrogens is 255 g/mol. The highest BCUT2D eigenvalue weighted by Crippen LogP contribution is 2.16. The molecule has 0 amide bonds. The second-order valence-electron chi connectivity index (χ2n) is 3.17. The molecule has 1 saturated heterocycles. The first-order chi connectivity index (χ1) is 7.75. The summed E-state index contributed by atoms with van der Waals surface area (Å²) in [6, 6.07) is 0. The van der Waals surface area contributed by atoms with E-state index in [1.807, 2.05) is 0 Å². The molecule has 1 aromatic heterocycles. The Balaban J connectivity index is 1.90. The van der Waals surface area contributed by atoms with Gasteiger partial charge < -0.3 is 14.8 Å². The largest absolute Gasteiger partial charge is 0.376 e. The van der Waals surface area contributed by atoms with E-state index in [1.54, 1.807) is 0 Å². The van der Waals surface area contributed by atoms with Crippen molar-refractivity contribution in [3.8, 4) is 0 Å². The summed E-state index contributed by atoms with van der Waals surface area (Å²) in [5, 5.41) is 10.4. The molecular formula is C8H10Cl2N4O2. The first-order valence-corrected chi connectivity index (χ1v) is 5.50. The summed E-state index contributed by atoms with van der Waals surface area (Å²) in [4.78, 5) is 3.91. The van der Waals surface area contributed by atoms with E-state index in [2.05, 4.69) is 20.5 Å². The number of nitrogens with zero attached hydrogens (tertiary/aromatic N) is 3. The van der Waals surface area contributed by atoms with Crippen molar-refractivity contribution < 1.29 is 9.47 Å². The van der Waals surface area contributed by atoms with Gasteiger partial charge in [-0.3, -0.25) is 0 Å². The fraction of sp³-hybridized carbons (Fsp3) is 0.625. The fourth-order valence-corrected chi connectivity index (χ4v) is 1.54. The molecule has 1 atom stereocenters. The van der Waals surface area contributed by atoms with Crippen molar-refractivity contribution in [1.29, 1.82) is 0 Å². The van der Waals surface area contributed by atoms with Gasteiger partial charge in [0.15, 0.2) is 11.0 Å². The molecule has 1 unspecified atom stereocenters. The molecule has 1 aliphatic heterocycles. The van der Waals surface area contributed by atoms with Gasteiger partial charge >= 0.3 is 0 Å². The standard InChI is InChI=1S/C8H10Cl2N4O2/c9-6-7(12-8(10)14-13-6)11-3-5-4-15-1-2-16-5/h5H,1-4H2,(H,11,12,14). The van der Waals surface area contributed by atoms with Crippen LogP contribution in [0.4, 0.5) is 5.82 Å². The Bertz CT molecular complexity index is 360. The van der Waals surface area contributed by atoms with Gasteiger partial charge in [-0.25, -0.2) is 0 Å². The van der Waals surface area contributed by atoms with Crippen LogP contribution in [0.5, 0.6) is 0 Å². The summed E-state index contributed by atoms with van der Waals surface area (Å²) >= 11 is 11.4. The van der Waals surface area contributed by atoms with E-state index in [0.717, 1.165) is 0 Å². The molecule has 1 N–H and O–H groups in total. The average molecular weight is 265 g/mol. The third-order valence-corrected chi connectivity index (χ3v) is 2.42. The third-order valence-electron chi connectivity index (χ3n) is 2.00. The highest BCUT2D eigenvalue weighted by atomic mass is 35.5. The normalized spacial score (nSPS) is 20.8. The van der Waals surface area contributed by atoms with Crippen molar-refractivity contribution >= 4 is 29.0 Å². The quantitative estimate of drug-likeness (QED) is 0.879. The van der Waals surface area contributed by atoms with Crippen LogP contribution in [0.3, 0.4) is 0 Å². The summed E-state index contributed by atoms with van der Waals surface area (Å²) in [6.07, 6.45) is -0.0152. The van der Waals surface area contributed by atoms with Gasteiger partial charge in [0.2, 0.25) is 5.28 Å². The van der Waals surface area contributed by atoms with Crippen molar-refractivity contribution in [2.75, 3.05) is 31.7 Å². The van der Waals surface area contributed by atoms with Gasteiger partial charge in [-0.05, 0) is 11.6 Å². The number of hydrogen-bond acceptors (Lipinski definition) is 6. The van der Waals surface area contributed by atoms with Crippen LogP contribution < -0.4 is 5.32 Å². The Kier molecular flexibility index (Phi) is 4.11. The van der Waals surface area contributed by atoms with Crippen LogP contribution in [-0.4, -0.2) is 47.7 Å². The Hall–Kier alpha value is -0.690. The van der Waals surface area contributed by atoms with E-state index in [9.17, 15) is 0 Å². The minimum Gasteiger partial charge on any atom is -0.376 e. The lowest BCUT2D eigenvalue weighted by atomic mass is 10.3. The van der Waals surface area contributed by atoms with Crippen molar-refractivity contribution in [3.63, 3.8) is 0 Å². The number of nitrogens with one attached hydrogen (secondary N) is 1. The molecule has 2 rings (SSSR count). The smallest absolute Gasteiger partial charge is 0.245 e. The summed E-state index contributed by atoms with van der Waals surface area (Å²) < 4.78 is 10.7. The fourth-order valence-electron chi connectivity index (χ4n) is 1.27. The van der Waals surface area contributed by atoms with E-state index in [0.29, 0.717) is 32.2 Å². The second kappa shape index (κ2) is 5.58. The molecule has 1 fully saturated rings. The number of ether oxygens (including phenoxy) is 2. The summed E-state index contributed by atoms with van der Waals surface area (Å²) in [6.45, 7) is 2.33. The lowest BCUT2D eigenvalue weighted by Gasteiger charge is -2.23. The van der Waals surface area contributed by atoms with Gasteiger partial charge in [-0.1, -0.05) is 11.6 Å². The molecule has 88 valence electrons. The van der Waals surface area contributed by atoms with Crippen LogP contribution in [0.2, 0.25) is 10.4 Å². The molecule has 1 aliphatic rings. The number of hydrogen-bond donors (Lipinski definition) is 1. The number of rotatable bonds is 3. The molecule has 16 heavy (non-hydrogen) atoms. The maximum atomic E-state index is 5.78. The first kappa shape index (κ1) is 11.8. The molecule has 0 bridgehead atoms. The van der Waals surface area contributed by atoms with Gasteiger partial charge in [-0.15, -0.1) is 10.2 Å². The van der Waals surface area contributed by atoms with Crippen molar-refractivity contribution in [2.45, 2.75) is 6.10 Å². The van der Waals surface area contributed by atoms with Gasteiger partial charge in [0.05, 0.1) is 25.9 Å². The van der Waals surface area contributed by atoms with E-state index >= 15 is 0 Å².